The number of amidine groups is 1. The van der Waals surface area contributed by atoms with Gasteiger partial charge in [-0.05, 0) is 38.5 Å². The van der Waals surface area contributed by atoms with E-state index in [0.717, 1.165) is 41.7 Å². The highest BCUT2D eigenvalue weighted by atomic mass is 19.1. The fourth-order valence-corrected chi connectivity index (χ4v) is 4.85. The smallest absolute Gasteiger partial charge is 0.208 e. The van der Waals surface area contributed by atoms with E-state index >= 15 is 0 Å². The van der Waals surface area contributed by atoms with Crippen molar-refractivity contribution in [2.45, 2.75) is 57.6 Å². The van der Waals surface area contributed by atoms with Crippen LogP contribution in [0.3, 0.4) is 0 Å². The van der Waals surface area contributed by atoms with Crippen LogP contribution in [0.15, 0.2) is 23.3 Å². The number of imidazole rings is 1. The first-order valence-corrected chi connectivity index (χ1v) is 10.8. The first-order chi connectivity index (χ1) is 15.3. The highest BCUT2D eigenvalue weighted by Gasteiger charge is 2.39. The van der Waals surface area contributed by atoms with Gasteiger partial charge in [-0.1, -0.05) is 0 Å². The van der Waals surface area contributed by atoms with Crippen molar-refractivity contribution in [1.82, 2.24) is 30.5 Å². The van der Waals surface area contributed by atoms with Gasteiger partial charge in [0.1, 0.15) is 17.7 Å². The van der Waals surface area contributed by atoms with Crippen LogP contribution >= 0.6 is 0 Å². The van der Waals surface area contributed by atoms with Crippen LogP contribution in [0.2, 0.25) is 0 Å². The number of fused-ring (bicyclic) bond motifs is 1. The Labute approximate surface area is 185 Å². The van der Waals surface area contributed by atoms with E-state index in [4.69, 9.17) is 15.5 Å². The number of halogens is 2. The van der Waals surface area contributed by atoms with Crippen LogP contribution in [0.1, 0.15) is 55.2 Å². The van der Waals surface area contributed by atoms with Crippen LogP contribution in [-0.4, -0.2) is 51.0 Å². The van der Waals surface area contributed by atoms with E-state index in [0.29, 0.717) is 19.6 Å². The molecule has 4 N–H and O–H groups in total. The summed E-state index contributed by atoms with van der Waals surface area (Å²) in [5.74, 6) is 0.570. The molecule has 0 bridgehead atoms. The monoisotopic (exact) mass is 446 g/mol. The molecule has 1 saturated heterocycles. The van der Waals surface area contributed by atoms with Crippen LogP contribution in [0.5, 0.6) is 0 Å². The van der Waals surface area contributed by atoms with Crippen LogP contribution in [0.25, 0.3) is 0 Å². The van der Waals surface area contributed by atoms with Crippen LogP contribution in [0, 0.1) is 11.6 Å². The zero-order chi connectivity index (χ0) is 22.6. The summed E-state index contributed by atoms with van der Waals surface area (Å²) in [6, 6.07) is 3.25. The van der Waals surface area contributed by atoms with Crippen molar-refractivity contribution >= 4 is 5.84 Å². The largest absolute Gasteiger partial charge is 0.370 e. The zero-order valence-corrected chi connectivity index (χ0v) is 18.3. The van der Waals surface area contributed by atoms with Crippen molar-refractivity contribution in [3.05, 3.63) is 52.6 Å². The molecule has 4 heterocycles. The molecule has 3 aliphatic heterocycles. The molecule has 3 atom stereocenters. The van der Waals surface area contributed by atoms with Gasteiger partial charge in [-0.2, -0.15) is 0 Å². The molecule has 0 spiro atoms. The molecule has 1 aromatic heterocycles. The molecule has 5 rings (SSSR count). The molecule has 2 aromatic rings. The minimum atomic E-state index is -0.655. The maximum absolute atomic E-state index is 14.2. The van der Waals surface area contributed by atoms with Crippen molar-refractivity contribution < 1.29 is 13.5 Å². The van der Waals surface area contributed by atoms with Crippen molar-refractivity contribution in [1.29, 1.82) is 0 Å². The Bertz CT molecular complexity index is 1050. The molecule has 0 saturated carbocycles. The van der Waals surface area contributed by atoms with Gasteiger partial charge in [0.25, 0.3) is 0 Å². The Morgan fingerprint density at radius 1 is 1.25 bits per heavy atom. The molecule has 0 unspecified atom stereocenters. The Hall–Kier alpha value is -2.60. The lowest BCUT2D eigenvalue weighted by Gasteiger charge is -2.38. The lowest BCUT2D eigenvalue weighted by molar-refractivity contribution is -0.0535. The number of benzene rings is 1. The molecule has 0 amide bonds. The fourth-order valence-electron chi connectivity index (χ4n) is 4.85. The molecule has 0 radical (unpaired) electrons. The summed E-state index contributed by atoms with van der Waals surface area (Å²) in [6.45, 7) is 6.05. The van der Waals surface area contributed by atoms with Gasteiger partial charge >= 0.3 is 0 Å². The Balaban J connectivity index is 1.32. The lowest BCUT2D eigenvalue weighted by Crippen LogP contribution is -2.48. The fraction of sp³-hybridized carbons (Fsp3) is 0.524. The van der Waals surface area contributed by atoms with Gasteiger partial charge in [-0.25, -0.2) is 19.3 Å². The second-order valence-corrected chi connectivity index (χ2v) is 8.89. The predicted molar refractivity (Wildman–Crippen MR) is 114 cm³/mol. The Morgan fingerprint density at radius 3 is 2.75 bits per heavy atom. The highest BCUT2D eigenvalue weighted by Crippen LogP contribution is 2.35. The standard InChI is InChI=1S/C21H28F2N8O/c1-11(2)31-18-9-30(8-17(18)25-20(31)21-26-27-28-29(21)3)13-7-16(24)19(32-10-13)14-6-12(22)4-5-15(14)23/h4-6,11,13,16,19,27-28H,7-10,24H2,1-3H3/t13-,16+,19-/m1/s1. The molecule has 172 valence electrons. The van der Waals surface area contributed by atoms with Gasteiger partial charge in [-0.3, -0.25) is 9.91 Å². The van der Waals surface area contributed by atoms with E-state index in [1.165, 1.54) is 6.07 Å². The average molecular weight is 447 g/mol. The maximum atomic E-state index is 14.2. The lowest BCUT2D eigenvalue weighted by atomic mass is 9.93. The first-order valence-electron chi connectivity index (χ1n) is 10.8. The number of ether oxygens (including phenoxy) is 1. The van der Waals surface area contributed by atoms with Crippen molar-refractivity contribution in [2.24, 2.45) is 10.8 Å². The number of hydrogen-bond acceptors (Lipinski definition) is 8. The summed E-state index contributed by atoms with van der Waals surface area (Å²) in [5, 5.41) is 6.10. The Kier molecular flexibility index (Phi) is 5.36. The quantitative estimate of drug-likeness (QED) is 0.656. The number of nitrogens with two attached hydrogens (primary N) is 1. The van der Waals surface area contributed by atoms with Gasteiger partial charge in [-0.15, -0.1) is 10.6 Å². The summed E-state index contributed by atoms with van der Waals surface area (Å²) in [6.07, 6.45) is -0.0278. The van der Waals surface area contributed by atoms with E-state index in [9.17, 15) is 8.78 Å². The molecule has 11 heteroatoms. The highest BCUT2D eigenvalue weighted by molar-refractivity contribution is 5.96. The molecule has 1 fully saturated rings. The summed E-state index contributed by atoms with van der Waals surface area (Å²) < 4.78 is 36.1. The van der Waals surface area contributed by atoms with E-state index in [2.05, 4.69) is 39.5 Å². The third kappa shape index (κ3) is 3.54. The van der Waals surface area contributed by atoms with Gasteiger partial charge in [0, 0.05) is 43.8 Å². The van der Waals surface area contributed by atoms with Gasteiger partial charge in [0.15, 0.2) is 5.82 Å². The van der Waals surface area contributed by atoms with E-state index in [1.807, 2.05) is 7.05 Å². The SMILES string of the molecule is CC(C)n1c(C2=NNNN2C)nc2c1CN([C@H]1CO[C@H](c3cc(F)ccc3F)[C@@H](N)C1)C2. The molecular weight excluding hydrogens is 418 g/mol. The molecular formula is C21H28F2N8O. The molecule has 32 heavy (non-hydrogen) atoms. The van der Waals surface area contributed by atoms with Crippen molar-refractivity contribution in [2.75, 3.05) is 13.7 Å². The van der Waals surface area contributed by atoms with E-state index in [1.54, 1.807) is 5.01 Å². The maximum Gasteiger partial charge on any atom is 0.208 e. The number of aromatic nitrogens is 2. The van der Waals surface area contributed by atoms with Crippen molar-refractivity contribution in [3.63, 3.8) is 0 Å². The second kappa shape index (κ2) is 8.07. The predicted octanol–water partition coefficient (Wildman–Crippen LogP) is 1.53. The first kappa shape index (κ1) is 21.3. The third-order valence-electron chi connectivity index (χ3n) is 6.39. The number of nitrogens with one attached hydrogen (secondary N) is 2. The second-order valence-electron chi connectivity index (χ2n) is 8.89. The van der Waals surface area contributed by atoms with Crippen molar-refractivity contribution in [3.8, 4) is 0 Å². The minimum Gasteiger partial charge on any atom is -0.370 e. The summed E-state index contributed by atoms with van der Waals surface area (Å²) in [5.41, 5.74) is 14.4. The molecule has 9 nitrogen and oxygen atoms in total. The molecule has 0 aliphatic carbocycles. The number of hydrazone groups is 1. The molecule has 3 aliphatic rings. The number of hydrazine groups is 2. The van der Waals surface area contributed by atoms with Gasteiger partial charge < -0.3 is 15.0 Å². The summed E-state index contributed by atoms with van der Waals surface area (Å²) in [4.78, 5) is 7.20. The van der Waals surface area contributed by atoms with Crippen LogP contribution < -0.4 is 16.8 Å². The van der Waals surface area contributed by atoms with Crippen LogP contribution in [0.4, 0.5) is 8.78 Å². The zero-order valence-electron chi connectivity index (χ0n) is 18.3. The van der Waals surface area contributed by atoms with E-state index < -0.39 is 23.8 Å². The van der Waals surface area contributed by atoms with Gasteiger partial charge in [0.05, 0.1) is 18.0 Å². The topological polar surface area (TPSA) is 96.0 Å². The number of nitrogens with zero attached hydrogens (tertiary/aromatic N) is 5. The van der Waals surface area contributed by atoms with Gasteiger partial charge in [0.2, 0.25) is 5.84 Å². The number of rotatable bonds is 4. The number of hydrogen-bond donors (Lipinski definition) is 3. The Morgan fingerprint density at radius 2 is 2.06 bits per heavy atom. The minimum absolute atomic E-state index is 0.0750. The normalized spacial score (nSPS) is 25.9. The van der Waals surface area contributed by atoms with E-state index in [-0.39, 0.29) is 17.6 Å². The molecule has 1 aromatic carbocycles. The van der Waals surface area contributed by atoms with Crippen LogP contribution in [-0.2, 0) is 17.8 Å². The summed E-state index contributed by atoms with van der Waals surface area (Å²) in [7, 11) is 1.88. The average Bonchev–Trinajstić information content (AvgIpc) is 3.43. The summed E-state index contributed by atoms with van der Waals surface area (Å²) >= 11 is 0. The third-order valence-corrected chi connectivity index (χ3v) is 6.39.